The molecule has 462 valence electrons. The van der Waals surface area contributed by atoms with E-state index in [9.17, 15) is 57.8 Å². The van der Waals surface area contributed by atoms with Crippen LogP contribution < -0.4 is 75.7 Å². The van der Waals surface area contributed by atoms with E-state index in [0.29, 0.717) is 17.7 Å². The van der Waals surface area contributed by atoms with Gasteiger partial charge in [0, 0.05) is 37.1 Å². The first-order valence-electron chi connectivity index (χ1n) is 26.8. The van der Waals surface area contributed by atoms with Gasteiger partial charge in [0.2, 0.25) is 65.5 Å². The lowest BCUT2D eigenvalue weighted by molar-refractivity contribution is -0.137. The zero-order valence-electron chi connectivity index (χ0n) is 47.7. The monoisotopic (exact) mass is 1200 g/mol. The minimum Gasteiger partial charge on any atom is -0.394 e. The maximum atomic E-state index is 14.1. The first-order chi connectivity index (χ1) is 38.8. The Morgan fingerprint density at radius 1 is 0.598 bits per heavy atom. The van der Waals surface area contributed by atoms with Gasteiger partial charge in [0.05, 0.1) is 39.5 Å². The summed E-state index contributed by atoms with van der Waals surface area (Å²) in [5, 5.41) is 45.3. The van der Waals surface area contributed by atoms with E-state index in [4.69, 9.17) is 32.1 Å². The van der Waals surface area contributed by atoms with E-state index in [1.165, 1.54) is 21.6 Å². The Hall–Kier alpha value is -6.80. The van der Waals surface area contributed by atoms with Crippen molar-refractivity contribution in [2.24, 2.45) is 35.0 Å². The summed E-state index contributed by atoms with van der Waals surface area (Å²) in [5.41, 5.74) is 17.3. The van der Waals surface area contributed by atoms with Crippen LogP contribution in [0.25, 0.3) is 0 Å². The van der Waals surface area contributed by atoms with Crippen LogP contribution in [0, 0.1) is 23.2 Å². The number of rotatable bonds is 43. The molecule has 1 rings (SSSR count). The molecule has 0 radical (unpaired) electrons. The van der Waals surface area contributed by atoms with Gasteiger partial charge in [-0.15, -0.1) is 0 Å². The Morgan fingerprint density at radius 3 is 1.67 bits per heavy atom. The van der Waals surface area contributed by atoms with Gasteiger partial charge in [0.25, 0.3) is 0 Å². The zero-order chi connectivity index (χ0) is 61.7. The normalized spacial score (nSPS) is 14.0. The molecule has 8 unspecified atom stereocenters. The van der Waals surface area contributed by atoms with E-state index in [1.807, 2.05) is 6.92 Å². The molecule has 31 heteroatoms. The number of carbonyl (C=O) groups is 11. The van der Waals surface area contributed by atoms with Crippen molar-refractivity contribution in [1.82, 2.24) is 58.5 Å². The number of nitrogens with one attached hydrogen (secondary N) is 12. The molecule has 29 nitrogen and oxygen atoms in total. The Balaban J connectivity index is 3.18. The number of ether oxygens (including phenoxy) is 2. The molecule has 8 atom stereocenters. The van der Waals surface area contributed by atoms with Gasteiger partial charge in [0.1, 0.15) is 48.9 Å². The number of benzene rings is 1. The van der Waals surface area contributed by atoms with Gasteiger partial charge in [-0.25, -0.2) is 0 Å². The zero-order valence-corrected chi connectivity index (χ0v) is 49.4. The van der Waals surface area contributed by atoms with Crippen LogP contribution in [0.4, 0.5) is 0 Å². The average Bonchev–Trinajstić information content (AvgIpc) is 3.44. The van der Waals surface area contributed by atoms with E-state index < -0.39 is 140 Å². The number of aliphatic hydroxyl groups is 1. The molecule has 0 saturated heterocycles. The number of guanidine groups is 1. The van der Waals surface area contributed by atoms with Gasteiger partial charge < -0.3 is 90.3 Å². The molecule has 19 N–H and O–H groups in total. The summed E-state index contributed by atoms with van der Waals surface area (Å²) in [6, 6.07) is -0.403. The number of carbonyl (C=O) groups excluding carboxylic acids is 11. The molecule has 0 aliphatic carbocycles. The number of aliphatic hydroxyl groups excluding tert-OH is 1. The van der Waals surface area contributed by atoms with Gasteiger partial charge >= 0.3 is 0 Å². The lowest BCUT2D eigenvalue weighted by Crippen LogP contribution is -2.61. The average molecular weight is 1200 g/mol. The quantitative estimate of drug-likeness (QED) is 0.00963. The predicted octanol–water partition coefficient (Wildman–Crippen LogP) is -4.54. The largest absolute Gasteiger partial charge is 0.394 e. The third-order valence-electron chi connectivity index (χ3n) is 11.5. The van der Waals surface area contributed by atoms with Crippen molar-refractivity contribution >= 4 is 93.0 Å². The summed E-state index contributed by atoms with van der Waals surface area (Å²) < 4.78 is 10.5. The highest BCUT2D eigenvalue weighted by molar-refractivity contribution is 8.76. The fourth-order valence-electron chi connectivity index (χ4n) is 7.20. The smallest absolute Gasteiger partial charge is 0.246 e. The first-order valence-corrected chi connectivity index (χ1v) is 29.3. The fourth-order valence-corrected chi connectivity index (χ4v) is 9.62. The molecule has 0 bridgehead atoms. The van der Waals surface area contributed by atoms with Crippen molar-refractivity contribution in [3.63, 3.8) is 0 Å². The van der Waals surface area contributed by atoms with Crippen LogP contribution in [0.15, 0.2) is 30.3 Å². The molecule has 11 amide bonds. The summed E-state index contributed by atoms with van der Waals surface area (Å²) in [6.45, 7) is 10.1. The number of nitrogens with two attached hydrogens (primary N) is 3. The van der Waals surface area contributed by atoms with E-state index >= 15 is 0 Å². The Morgan fingerprint density at radius 2 is 1.12 bits per heavy atom. The van der Waals surface area contributed by atoms with Crippen LogP contribution in [0.5, 0.6) is 0 Å². The molecular formula is C51H87N15O14S2. The molecule has 82 heavy (non-hydrogen) atoms. The van der Waals surface area contributed by atoms with Gasteiger partial charge in [-0.3, -0.25) is 58.1 Å². The second-order valence-electron chi connectivity index (χ2n) is 20.0. The third-order valence-corrected chi connectivity index (χ3v) is 14.1. The van der Waals surface area contributed by atoms with Crippen LogP contribution in [0.3, 0.4) is 0 Å². The van der Waals surface area contributed by atoms with Crippen LogP contribution in [-0.4, -0.2) is 196 Å². The predicted molar refractivity (Wildman–Crippen MR) is 309 cm³/mol. The number of amides is 11. The van der Waals surface area contributed by atoms with E-state index in [0.717, 1.165) is 0 Å². The van der Waals surface area contributed by atoms with Crippen LogP contribution in [0.1, 0.15) is 73.3 Å². The summed E-state index contributed by atoms with van der Waals surface area (Å²) in [5.74, 6) is -8.85. The van der Waals surface area contributed by atoms with Gasteiger partial charge in [0.15, 0.2) is 5.96 Å². The molecule has 0 aliphatic rings. The molecule has 1 aromatic carbocycles. The summed E-state index contributed by atoms with van der Waals surface area (Å²) in [6.07, 6.45) is 0.744. The molecule has 0 aromatic heterocycles. The van der Waals surface area contributed by atoms with Crippen LogP contribution in [0.2, 0.25) is 0 Å². The summed E-state index contributed by atoms with van der Waals surface area (Å²) in [4.78, 5) is 144. The van der Waals surface area contributed by atoms with Crippen molar-refractivity contribution in [3.05, 3.63) is 35.9 Å². The maximum Gasteiger partial charge on any atom is 0.246 e. The second kappa shape index (κ2) is 41.2. The van der Waals surface area contributed by atoms with E-state index in [-0.39, 0.29) is 82.3 Å². The summed E-state index contributed by atoms with van der Waals surface area (Å²) in [7, 11) is 2.69. The topological polar surface area (TPSA) is 461 Å². The molecule has 0 aliphatic heterocycles. The third kappa shape index (κ3) is 32.0. The lowest BCUT2D eigenvalue weighted by atomic mass is 9.98. The number of hydrogen-bond donors (Lipinski definition) is 16. The van der Waals surface area contributed by atoms with Crippen LogP contribution >= 0.6 is 21.6 Å². The van der Waals surface area contributed by atoms with Gasteiger partial charge in [-0.05, 0) is 49.5 Å². The summed E-state index contributed by atoms with van der Waals surface area (Å²) >= 11 is 0. The minimum atomic E-state index is -1.48. The molecule has 0 heterocycles. The molecule has 1 aromatic rings. The standard InChI is InChI=1S/C51H87N15O14S2/c1-29(2)20-35(47(75)63-34(14-11-15-57-51(54)55)45(73)58-23-40(70)62-38(44(53)72)27-82-81-26-32(7)52)60-39(69)22-59-46(74)36(21-33-12-9-8-10-13-33)64-49(77)42(30(3)4)66-50(78)43(31(5)6)65-48(76)37(24-67)61-41(71)25-80-19-18-79-17-16-56-28-68/h8-10,12-13,28-32,34-38,42-43,67H,11,14-27,52H2,1-7H3,(H2,53,72)(H,56,68)(H,58,73)(H,59,74)(H,60,69)(H,61,71)(H,62,70)(H,63,75)(H,64,77)(H,65,76)(H,66,78)(H4,54,55,57). The Kier molecular flexibility index (Phi) is 36.8. The Labute approximate surface area is 486 Å². The van der Waals surface area contributed by atoms with Crippen molar-refractivity contribution in [1.29, 1.82) is 5.41 Å². The van der Waals surface area contributed by atoms with Crippen molar-refractivity contribution in [2.75, 3.05) is 70.7 Å². The number of primary amides is 1. The highest BCUT2D eigenvalue weighted by atomic mass is 33.1. The molecule has 0 spiro atoms. The van der Waals surface area contributed by atoms with Crippen molar-refractivity contribution in [3.8, 4) is 0 Å². The SMILES string of the molecule is CC(C)CC(NC(=O)CNC(=O)C(Cc1ccccc1)NC(=O)C(NC(=O)C(NC(=O)C(CO)NC(=O)COCCOCCNC=O)C(C)C)C(C)C)C(=O)NC(CCCNC(=N)N)C(=O)NCC(=O)NC(CSSCC(C)N)C(N)=O. The lowest BCUT2D eigenvalue weighted by Gasteiger charge is -2.29. The highest BCUT2D eigenvalue weighted by Crippen LogP contribution is 2.22. The minimum absolute atomic E-state index is 0.00737. The van der Waals surface area contributed by atoms with E-state index in [2.05, 4.69) is 58.5 Å². The molecular weight excluding hydrogens is 1110 g/mol. The first kappa shape index (κ1) is 73.2. The molecule has 0 saturated carbocycles. The molecule has 0 fully saturated rings. The maximum absolute atomic E-state index is 14.1. The van der Waals surface area contributed by atoms with Crippen LogP contribution in [-0.2, 0) is 68.6 Å². The Bertz CT molecular complexity index is 2220. The van der Waals surface area contributed by atoms with Crippen molar-refractivity contribution in [2.45, 2.75) is 122 Å². The number of hydrogen-bond acceptors (Lipinski definition) is 18. The second-order valence-corrected chi connectivity index (χ2v) is 22.6. The van der Waals surface area contributed by atoms with Gasteiger partial charge in [-0.1, -0.05) is 93.5 Å². The van der Waals surface area contributed by atoms with Gasteiger partial charge in [-0.2, -0.15) is 0 Å². The highest BCUT2D eigenvalue weighted by Gasteiger charge is 2.35. The fraction of sp³-hybridized carbons (Fsp3) is 0.647. The van der Waals surface area contributed by atoms with Crippen molar-refractivity contribution < 1.29 is 67.3 Å². The van der Waals surface area contributed by atoms with E-state index in [1.54, 1.807) is 71.9 Å².